The lowest BCUT2D eigenvalue weighted by atomic mass is 10.0. The molecule has 0 unspecified atom stereocenters. The first-order valence-corrected chi connectivity index (χ1v) is 15.4. The van der Waals surface area contributed by atoms with E-state index in [9.17, 15) is 0 Å². The molecule has 0 aliphatic carbocycles. The standard InChI is InChI=1S/C34H33FN6S.C2H6/c1-6-10-28(30-14-13-21(2)42-30)22(3)23(4)39-24(5)33-31-32(35)29(20-38-34(31)41-40-33)27-15-26(18-37-19-27)17-36-16-25-11-8-7-9-12-25;1-2/h6-15,18-20,36,39H,1,5,16-17H2,2-4H3,(H,38,40,41);1-2H3/b23-22+,28-10+;. The van der Waals surface area contributed by atoms with Gasteiger partial charge in [0.1, 0.15) is 5.82 Å². The van der Waals surface area contributed by atoms with Crippen LogP contribution in [0.5, 0.6) is 0 Å². The molecule has 0 aliphatic rings. The molecule has 0 aliphatic heterocycles. The summed E-state index contributed by atoms with van der Waals surface area (Å²) in [5, 5.41) is 14.2. The molecule has 8 heteroatoms. The summed E-state index contributed by atoms with van der Waals surface area (Å²) < 4.78 is 16.1. The van der Waals surface area contributed by atoms with E-state index in [-0.39, 0.29) is 11.0 Å². The fourth-order valence-electron chi connectivity index (χ4n) is 4.72. The minimum Gasteiger partial charge on any atom is -0.358 e. The second-order valence-electron chi connectivity index (χ2n) is 10.0. The van der Waals surface area contributed by atoms with E-state index in [0.717, 1.165) is 33.8 Å². The zero-order valence-corrected chi connectivity index (χ0v) is 26.8. The Hall–Kier alpha value is -4.66. The molecule has 0 amide bonds. The SMILES string of the molecule is C=C/C=C(\C(C)=C(/C)NC(=C)c1[nH]nc2ncc(-c3cncc(CNCc4ccccc4)c3)c(F)c12)c1ccc(C)s1.CC. The molecule has 0 saturated carbocycles. The summed E-state index contributed by atoms with van der Waals surface area (Å²) in [6, 6.07) is 16.3. The van der Waals surface area contributed by atoms with Crippen LogP contribution in [-0.4, -0.2) is 20.2 Å². The molecule has 0 bridgehead atoms. The summed E-state index contributed by atoms with van der Waals surface area (Å²) in [6.45, 7) is 19.5. The van der Waals surface area contributed by atoms with Crippen molar-refractivity contribution in [3.8, 4) is 11.1 Å². The highest BCUT2D eigenvalue weighted by Crippen LogP contribution is 2.33. The summed E-state index contributed by atoms with van der Waals surface area (Å²) in [5.74, 6) is -0.428. The van der Waals surface area contributed by atoms with E-state index in [4.69, 9.17) is 0 Å². The van der Waals surface area contributed by atoms with Gasteiger partial charge in [0.05, 0.1) is 16.8 Å². The van der Waals surface area contributed by atoms with Gasteiger partial charge in [-0.15, -0.1) is 11.3 Å². The number of benzene rings is 1. The third kappa shape index (κ3) is 7.45. The first kappa shape index (κ1) is 32.3. The van der Waals surface area contributed by atoms with Gasteiger partial charge in [-0.2, -0.15) is 5.10 Å². The van der Waals surface area contributed by atoms with Crippen LogP contribution in [0.25, 0.3) is 33.4 Å². The average molecular weight is 607 g/mol. The van der Waals surface area contributed by atoms with E-state index in [2.05, 4.69) is 75.1 Å². The van der Waals surface area contributed by atoms with Gasteiger partial charge in [0, 0.05) is 58.3 Å². The minimum absolute atomic E-state index is 0.277. The maximum absolute atomic E-state index is 16.1. The van der Waals surface area contributed by atoms with Crippen molar-refractivity contribution in [3.05, 3.63) is 136 Å². The lowest BCUT2D eigenvalue weighted by Gasteiger charge is -2.15. The van der Waals surface area contributed by atoms with Crippen molar-refractivity contribution in [3.63, 3.8) is 0 Å². The van der Waals surface area contributed by atoms with Crippen molar-refractivity contribution >= 4 is 33.6 Å². The Morgan fingerprint density at radius 1 is 1.02 bits per heavy atom. The number of fused-ring (bicyclic) bond motifs is 1. The molecule has 1 aromatic carbocycles. The van der Waals surface area contributed by atoms with Gasteiger partial charge in [-0.3, -0.25) is 10.1 Å². The molecule has 0 spiro atoms. The molecule has 0 fully saturated rings. The van der Waals surface area contributed by atoms with Crippen LogP contribution in [0.1, 0.15) is 54.3 Å². The Morgan fingerprint density at radius 2 is 1.77 bits per heavy atom. The van der Waals surface area contributed by atoms with Crippen molar-refractivity contribution < 1.29 is 4.39 Å². The van der Waals surface area contributed by atoms with Crippen molar-refractivity contribution in [1.29, 1.82) is 0 Å². The zero-order chi connectivity index (χ0) is 31.6. The zero-order valence-electron chi connectivity index (χ0n) is 26.0. The lowest BCUT2D eigenvalue weighted by Crippen LogP contribution is -2.12. The summed E-state index contributed by atoms with van der Waals surface area (Å²) in [5.41, 5.74) is 7.32. The second kappa shape index (κ2) is 15.2. The number of rotatable bonds is 11. The molecule has 5 aromatic rings. The third-order valence-electron chi connectivity index (χ3n) is 7.02. The van der Waals surface area contributed by atoms with Crippen LogP contribution in [0, 0.1) is 12.7 Å². The highest BCUT2D eigenvalue weighted by Gasteiger charge is 2.19. The average Bonchev–Trinajstić information content (AvgIpc) is 3.68. The van der Waals surface area contributed by atoms with E-state index in [1.165, 1.54) is 16.6 Å². The van der Waals surface area contributed by atoms with E-state index >= 15 is 4.39 Å². The predicted molar refractivity (Wildman–Crippen MR) is 183 cm³/mol. The smallest absolute Gasteiger partial charge is 0.184 e. The number of allylic oxidation sites excluding steroid dienone is 5. The maximum atomic E-state index is 16.1. The molecule has 0 saturated heterocycles. The fourth-order valence-corrected chi connectivity index (χ4v) is 5.67. The van der Waals surface area contributed by atoms with E-state index in [1.54, 1.807) is 29.8 Å². The molecule has 3 N–H and O–H groups in total. The summed E-state index contributed by atoms with van der Waals surface area (Å²) in [6.07, 6.45) is 8.71. The summed E-state index contributed by atoms with van der Waals surface area (Å²) >= 11 is 1.72. The van der Waals surface area contributed by atoms with Crippen molar-refractivity contribution in [2.45, 2.75) is 47.7 Å². The number of H-pyrrole nitrogens is 1. The van der Waals surface area contributed by atoms with Crippen LogP contribution in [0.4, 0.5) is 4.39 Å². The van der Waals surface area contributed by atoms with Crippen molar-refractivity contribution in [1.82, 2.24) is 30.8 Å². The normalized spacial score (nSPS) is 11.9. The molecule has 0 radical (unpaired) electrons. The van der Waals surface area contributed by atoms with Crippen molar-refractivity contribution in [2.75, 3.05) is 0 Å². The number of nitrogens with one attached hydrogen (secondary N) is 3. The number of thiophene rings is 1. The lowest BCUT2D eigenvalue weighted by molar-refractivity contribution is 0.641. The van der Waals surface area contributed by atoms with Crippen LogP contribution < -0.4 is 10.6 Å². The molecule has 226 valence electrons. The first-order valence-electron chi connectivity index (χ1n) is 14.6. The van der Waals surface area contributed by atoms with E-state index < -0.39 is 5.82 Å². The number of aromatic amines is 1. The highest BCUT2D eigenvalue weighted by atomic mass is 32.1. The van der Waals surface area contributed by atoms with E-state index in [1.807, 2.05) is 58.0 Å². The topological polar surface area (TPSA) is 78.5 Å². The molecule has 0 atom stereocenters. The number of hydrogen-bond donors (Lipinski definition) is 3. The van der Waals surface area contributed by atoms with Gasteiger partial charge in [0.25, 0.3) is 0 Å². The molecule has 44 heavy (non-hydrogen) atoms. The van der Waals surface area contributed by atoms with Gasteiger partial charge >= 0.3 is 0 Å². The Balaban J connectivity index is 0.00000216. The number of halogens is 1. The largest absolute Gasteiger partial charge is 0.358 e. The number of aromatic nitrogens is 4. The number of hydrogen-bond acceptors (Lipinski definition) is 6. The monoisotopic (exact) mass is 606 g/mol. The summed E-state index contributed by atoms with van der Waals surface area (Å²) in [4.78, 5) is 11.2. The second-order valence-corrected chi connectivity index (χ2v) is 11.3. The number of nitrogens with zero attached hydrogens (tertiary/aromatic N) is 3. The van der Waals surface area contributed by atoms with Gasteiger partial charge < -0.3 is 10.6 Å². The van der Waals surface area contributed by atoms with Gasteiger partial charge in [-0.25, -0.2) is 9.37 Å². The van der Waals surface area contributed by atoms with Crippen molar-refractivity contribution in [2.24, 2.45) is 0 Å². The van der Waals surface area contributed by atoms with Crippen LogP contribution in [0.3, 0.4) is 0 Å². The molecular formula is C36H39FN6S. The maximum Gasteiger partial charge on any atom is 0.184 e. The predicted octanol–water partition coefficient (Wildman–Crippen LogP) is 8.97. The Labute approximate surface area is 263 Å². The molecule has 4 heterocycles. The van der Waals surface area contributed by atoms with Crippen LogP contribution in [0.2, 0.25) is 0 Å². The number of aryl methyl sites for hydroxylation is 1. The van der Waals surface area contributed by atoms with Crippen LogP contribution in [0.15, 0.2) is 104 Å². The Kier molecular flexibility index (Phi) is 11.1. The molecule has 4 aromatic heterocycles. The summed E-state index contributed by atoms with van der Waals surface area (Å²) in [7, 11) is 0. The van der Waals surface area contributed by atoms with Gasteiger partial charge in [0.15, 0.2) is 5.65 Å². The minimum atomic E-state index is -0.428. The Morgan fingerprint density at radius 3 is 2.48 bits per heavy atom. The fraction of sp³-hybridized carbons (Fsp3) is 0.194. The highest BCUT2D eigenvalue weighted by molar-refractivity contribution is 7.13. The quantitative estimate of drug-likeness (QED) is 0.131. The van der Waals surface area contributed by atoms with Crippen LogP contribution >= 0.6 is 11.3 Å². The van der Waals surface area contributed by atoms with Crippen LogP contribution in [-0.2, 0) is 13.1 Å². The Bertz CT molecular complexity index is 1810. The number of pyridine rings is 2. The third-order valence-corrected chi connectivity index (χ3v) is 8.06. The molecule has 5 rings (SSSR count). The first-order chi connectivity index (χ1) is 21.4. The molecule has 6 nitrogen and oxygen atoms in total. The molecular weight excluding hydrogens is 568 g/mol. The van der Waals surface area contributed by atoms with Gasteiger partial charge in [-0.05, 0) is 61.2 Å². The van der Waals surface area contributed by atoms with Gasteiger partial charge in [-0.1, -0.05) is 69.5 Å². The van der Waals surface area contributed by atoms with E-state index in [0.29, 0.717) is 29.1 Å². The van der Waals surface area contributed by atoms with Gasteiger partial charge in [0.2, 0.25) is 0 Å².